The predicted molar refractivity (Wildman–Crippen MR) is 93.1 cm³/mol. The molecule has 0 aliphatic rings. The summed E-state index contributed by atoms with van der Waals surface area (Å²) in [5.74, 6) is -0.925. The summed E-state index contributed by atoms with van der Waals surface area (Å²) in [6.07, 6.45) is 0.628. The molecular weight excluding hydrogens is 346 g/mol. The first-order valence-electron chi connectivity index (χ1n) is 7.38. The van der Waals surface area contributed by atoms with Gasteiger partial charge in [0.2, 0.25) is 0 Å². The molecule has 0 radical (unpaired) electrons. The summed E-state index contributed by atoms with van der Waals surface area (Å²) in [5.41, 5.74) is 1.70. The minimum Gasteiger partial charge on any atom is -0.481 e. The zero-order valence-electron chi connectivity index (χ0n) is 13.5. The Bertz CT molecular complexity index is 791. The average molecular weight is 362 g/mol. The number of anilines is 1. The maximum Gasteiger partial charge on any atom is 0.344 e. The lowest BCUT2D eigenvalue weighted by Crippen LogP contribution is -2.24. The number of aryl methyl sites for hydroxylation is 1. The van der Waals surface area contributed by atoms with E-state index < -0.39 is 25.1 Å². The summed E-state index contributed by atoms with van der Waals surface area (Å²) in [7, 11) is 0. The molecule has 7 heteroatoms. The monoisotopic (exact) mass is 361 g/mol. The fourth-order valence-corrected chi connectivity index (χ4v) is 2.21. The first-order chi connectivity index (χ1) is 12.0. The van der Waals surface area contributed by atoms with Gasteiger partial charge >= 0.3 is 5.97 Å². The van der Waals surface area contributed by atoms with Crippen molar-refractivity contribution in [1.29, 1.82) is 0 Å². The van der Waals surface area contributed by atoms with Crippen molar-refractivity contribution in [3.05, 3.63) is 58.6 Å². The quantitative estimate of drug-likeness (QED) is 0.605. The molecule has 1 amide bonds. The molecule has 0 unspecified atom stereocenters. The van der Waals surface area contributed by atoms with E-state index >= 15 is 0 Å². The van der Waals surface area contributed by atoms with Gasteiger partial charge in [-0.1, -0.05) is 23.7 Å². The Kier molecular flexibility index (Phi) is 6.54. The highest BCUT2D eigenvalue weighted by atomic mass is 35.5. The number of esters is 1. The van der Waals surface area contributed by atoms with Gasteiger partial charge in [0.25, 0.3) is 5.91 Å². The van der Waals surface area contributed by atoms with Gasteiger partial charge in [-0.05, 0) is 42.8 Å². The van der Waals surface area contributed by atoms with E-state index in [1.54, 1.807) is 49.4 Å². The third-order valence-corrected chi connectivity index (χ3v) is 3.45. The molecule has 0 atom stereocenters. The molecule has 0 bridgehead atoms. The Balaban J connectivity index is 1.79. The van der Waals surface area contributed by atoms with Crippen LogP contribution in [0.15, 0.2) is 42.5 Å². The molecule has 1 N–H and O–H groups in total. The van der Waals surface area contributed by atoms with Crippen LogP contribution in [0.3, 0.4) is 0 Å². The number of carbonyl (C=O) groups is 3. The topological polar surface area (TPSA) is 81.7 Å². The fraction of sp³-hybridized carbons (Fsp3) is 0.167. The van der Waals surface area contributed by atoms with Gasteiger partial charge in [-0.3, -0.25) is 9.59 Å². The second kappa shape index (κ2) is 8.84. The van der Waals surface area contributed by atoms with Crippen LogP contribution in [0.4, 0.5) is 5.69 Å². The summed E-state index contributed by atoms with van der Waals surface area (Å²) in [4.78, 5) is 34.3. The van der Waals surface area contributed by atoms with Gasteiger partial charge in [-0.25, -0.2) is 4.79 Å². The number of nitrogens with one attached hydrogen (secondary N) is 1. The van der Waals surface area contributed by atoms with Crippen LogP contribution in [0.25, 0.3) is 0 Å². The average Bonchev–Trinajstić information content (AvgIpc) is 2.60. The van der Waals surface area contributed by atoms with Crippen LogP contribution >= 0.6 is 11.6 Å². The normalized spacial score (nSPS) is 10.0. The first-order valence-corrected chi connectivity index (χ1v) is 7.76. The SMILES string of the molecule is Cc1cc(Cl)ccc1NC(=O)COC(=O)COc1ccccc1C=O. The highest BCUT2D eigenvalue weighted by Crippen LogP contribution is 2.19. The highest BCUT2D eigenvalue weighted by molar-refractivity contribution is 6.30. The molecule has 2 rings (SSSR count). The number of benzene rings is 2. The Hall–Kier alpha value is -2.86. The molecule has 0 saturated carbocycles. The van der Waals surface area contributed by atoms with Crippen LogP contribution in [-0.4, -0.2) is 31.4 Å². The van der Waals surface area contributed by atoms with E-state index in [4.69, 9.17) is 21.1 Å². The number of carbonyl (C=O) groups excluding carboxylic acids is 3. The van der Waals surface area contributed by atoms with Gasteiger partial charge in [-0.15, -0.1) is 0 Å². The molecule has 6 nitrogen and oxygen atoms in total. The van der Waals surface area contributed by atoms with Crippen molar-refractivity contribution in [2.24, 2.45) is 0 Å². The van der Waals surface area contributed by atoms with Crippen molar-refractivity contribution in [2.75, 3.05) is 18.5 Å². The molecule has 0 fully saturated rings. The second-order valence-electron chi connectivity index (χ2n) is 5.11. The molecule has 2 aromatic rings. The lowest BCUT2D eigenvalue weighted by Gasteiger charge is -2.10. The maximum atomic E-state index is 11.8. The standard InChI is InChI=1S/C18H16ClNO5/c1-12-8-14(19)6-7-15(12)20-17(22)10-25-18(23)11-24-16-5-3-2-4-13(16)9-21/h2-9H,10-11H2,1H3,(H,20,22). The van der Waals surface area contributed by atoms with Crippen LogP contribution < -0.4 is 10.1 Å². The first kappa shape index (κ1) is 18.5. The number of ether oxygens (including phenoxy) is 2. The Labute approximate surface area is 149 Å². The van der Waals surface area contributed by atoms with Gasteiger partial charge in [0, 0.05) is 10.7 Å². The van der Waals surface area contributed by atoms with Gasteiger partial charge in [-0.2, -0.15) is 0 Å². The van der Waals surface area contributed by atoms with E-state index in [0.29, 0.717) is 22.6 Å². The van der Waals surface area contributed by atoms with Crippen LogP contribution in [0.5, 0.6) is 5.75 Å². The third kappa shape index (κ3) is 5.61. The van der Waals surface area contributed by atoms with Crippen molar-refractivity contribution < 1.29 is 23.9 Å². The molecule has 0 aromatic heterocycles. The van der Waals surface area contributed by atoms with E-state index in [9.17, 15) is 14.4 Å². The molecule has 0 aliphatic carbocycles. The third-order valence-electron chi connectivity index (χ3n) is 3.22. The number of halogens is 1. The molecule has 0 heterocycles. The highest BCUT2D eigenvalue weighted by Gasteiger charge is 2.11. The number of amides is 1. The number of hydrogen-bond donors (Lipinski definition) is 1. The Morgan fingerprint density at radius 3 is 2.64 bits per heavy atom. The number of rotatable bonds is 7. The van der Waals surface area contributed by atoms with Crippen molar-refractivity contribution in [1.82, 2.24) is 0 Å². The molecule has 0 saturated heterocycles. The van der Waals surface area contributed by atoms with Crippen molar-refractivity contribution in [2.45, 2.75) is 6.92 Å². The fourth-order valence-electron chi connectivity index (χ4n) is 1.99. The summed E-state index contributed by atoms with van der Waals surface area (Å²) in [6.45, 7) is 0.948. The summed E-state index contributed by atoms with van der Waals surface area (Å²) in [6, 6.07) is 11.5. The maximum absolute atomic E-state index is 11.8. The zero-order chi connectivity index (χ0) is 18.2. The van der Waals surface area contributed by atoms with Gasteiger partial charge in [0.15, 0.2) is 19.5 Å². The van der Waals surface area contributed by atoms with E-state index in [1.165, 1.54) is 0 Å². The molecule has 130 valence electrons. The minimum absolute atomic E-state index is 0.274. The van der Waals surface area contributed by atoms with Crippen LogP contribution in [0.1, 0.15) is 15.9 Å². The zero-order valence-corrected chi connectivity index (χ0v) is 14.2. The Morgan fingerprint density at radius 2 is 1.92 bits per heavy atom. The van der Waals surface area contributed by atoms with Crippen molar-refractivity contribution in [3.63, 3.8) is 0 Å². The number of para-hydroxylation sites is 1. The largest absolute Gasteiger partial charge is 0.481 e. The number of aldehydes is 1. The van der Waals surface area contributed by atoms with Gasteiger partial charge in [0.1, 0.15) is 5.75 Å². The molecule has 0 aliphatic heterocycles. The predicted octanol–water partition coefficient (Wildman–Crippen LogP) is 3.02. The summed E-state index contributed by atoms with van der Waals surface area (Å²) < 4.78 is 10.1. The molecular formula is C18H16ClNO5. The van der Waals surface area contributed by atoms with E-state index in [0.717, 1.165) is 5.56 Å². The summed E-state index contributed by atoms with van der Waals surface area (Å²) >= 11 is 5.85. The lowest BCUT2D eigenvalue weighted by atomic mass is 10.2. The lowest BCUT2D eigenvalue weighted by molar-refractivity contribution is -0.149. The van der Waals surface area contributed by atoms with Crippen LogP contribution in [0.2, 0.25) is 5.02 Å². The minimum atomic E-state index is -0.719. The molecule has 25 heavy (non-hydrogen) atoms. The van der Waals surface area contributed by atoms with Gasteiger partial charge < -0.3 is 14.8 Å². The van der Waals surface area contributed by atoms with E-state index in [-0.39, 0.29) is 5.75 Å². The van der Waals surface area contributed by atoms with Crippen LogP contribution in [-0.2, 0) is 14.3 Å². The van der Waals surface area contributed by atoms with E-state index in [1.807, 2.05) is 0 Å². The van der Waals surface area contributed by atoms with Crippen molar-refractivity contribution >= 4 is 35.5 Å². The van der Waals surface area contributed by atoms with Crippen LogP contribution in [0, 0.1) is 6.92 Å². The molecule has 2 aromatic carbocycles. The van der Waals surface area contributed by atoms with Crippen molar-refractivity contribution in [3.8, 4) is 5.75 Å². The van der Waals surface area contributed by atoms with Gasteiger partial charge in [0.05, 0.1) is 5.56 Å². The van der Waals surface area contributed by atoms with E-state index in [2.05, 4.69) is 5.32 Å². The summed E-state index contributed by atoms with van der Waals surface area (Å²) in [5, 5.41) is 3.19. The molecule has 0 spiro atoms. The smallest absolute Gasteiger partial charge is 0.344 e. The second-order valence-corrected chi connectivity index (χ2v) is 5.55. The number of hydrogen-bond acceptors (Lipinski definition) is 5. The Morgan fingerprint density at radius 1 is 1.16 bits per heavy atom.